The molecule has 186 valence electrons. The maximum atomic E-state index is 15.3. The predicted molar refractivity (Wildman–Crippen MR) is 132 cm³/mol. The van der Waals surface area contributed by atoms with Gasteiger partial charge in [0.2, 0.25) is 0 Å². The fraction of sp³-hybridized carbons (Fsp3) is 0.333. The number of likely N-dealkylation sites (tertiary alicyclic amines) is 1. The van der Waals surface area contributed by atoms with Crippen molar-refractivity contribution in [2.75, 3.05) is 19.3 Å². The third-order valence-corrected chi connectivity index (χ3v) is 7.91. The average Bonchev–Trinajstić information content (AvgIpc) is 2.71. The van der Waals surface area contributed by atoms with Crippen LogP contribution in [0.5, 0.6) is 0 Å². The van der Waals surface area contributed by atoms with E-state index in [1.54, 1.807) is 30.3 Å². The molecule has 0 bridgehead atoms. The first-order valence-electron chi connectivity index (χ1n) is 11.3. The van der Waals surface area contributed by atoms with Crippen LogP contribution in [-0.4, -0.2) is 38.3 Å². The number of nitrogens with zero attached hydrogens (tertiary/aromatic N) is 1. The van der Waals surface area contributed by atoms with Crippen molar-refractivity contribution < 1.29 is 21.6 Å². The van der Waals surface area contributed by atoms with Crippen molar-refractivity contribution in [2.24, 2.45) is 5.92 Å². The van der Waals surface area contributed by atoms with Gasteiger partial charge in [0, 0.05) is 36.4 Å². The van der Waals surface area contributed by atoms with E-state index in [0.717, 1.165) is 23.4 Å². The van der Waals surface area contributed by atoms with Crippen LogP contribution in [-0.2, 0) is 9.84 Å². The Hall–Kier alpha value is -2.35. The minimum absolute atomic E-state index is 0.191. The topological polar surface area (TPSA) is 37.4 Å². The van der Waals surface area contributed by atoms with Crippen LogP contribution in [0.25, 0.3) is 0 Å². The van der Waals surface area contributed by atoms with Crippen molar-refractivity contribution in [3.63, 3.8) is 0 Å². The van der Waals surface area contributed by atoms with E-state index >= 15 is 4.39 Å². The molecule has 2 atom stereocenters. The Bertz CT molecular complexity index is 1300. The Morgan fingerprint density at radius 3 is 2.06 bits per heavy atom. The minimum atomic E-state index is -3.41. The first-order chi connectivity index (χ1) is 16.3. The molecule has 8 heteroatoms. The standard InChI is InChI=1S/C27H27ClF3NO2S/c1-27(2,31)25(19-11-22(29)14-23(30)12-19)20-15-32(16-20)26(17-7-9-21(28)10-8-17)18-5-4-6-24(13-18)35(3,33)34/h4-14,20,25-26H,15-16H2,1-3H3. The highest BCUT2D eigenvalue weighted by atomic mass is 35.5. The molecule has 0 amide bonds. The lowest BCUT2D eigenvalue weighted by molar-refractivity contribution is 0.00800. The van der Waals surface area contributed by atoms with E-state index in [1.165, 1.54) is 26.0 Å². The van der Waals surface area contributed by atoms with Gasteiger partial charge in [-0.25, -0.2) is 21.6 Å². The number of rotatable bonds is 7. The summed E-state index contributed by atoms with van der Waals surface area (Å²) in [5, 5.41) is 0.575. The van der Waals surface area contributed by atoms with Crippen molar-refractivity contribution >= 4 is 21.4 Å². The number of benzene rings is 3. The Morgan fingerprint density at radius 2 is 1.51 bits per heavy atom. The monoisotopic (exact) mass is 521 g/mol. The van der Waals surface area contributed by atoms with E-state index in [9.17, 15) is 17.2 Å². The van der Waals surface area contributed by atoms with Gasteiger partial charge in [-0.05, 0) is 72.9 Å². The Morgan fingerprint density at radius 1 is 0.914 bits per heavy atom. The van der Waals surface area contributed by atoms with Gasteiger partial charge in [-0.2, -0.15) is 0 Å². The second kappa shape index (κ2) is 9.60. The average molecular weight is 522 g/mol. The Labute approximate surface area is 209 Å². The highest BCUT2D eigenvalue weighted by molar-refractivity contribution is 7.90. The molecule has 0 aromatic heterocycles. The maximum Gasteiger partial charge on any atom is 0.175 e. The summed E-state index contributed by atoms with van der Waals surface area (Å²) in [4.78, 5) is 2.33. The zero-order valence-corrected chi connectivity index (χ0v) is 21.3. The van der Waals surface area contributed by atoms with Gasteiger partial charge in [-0.1, -0.05) is 35.9 Å². The summed E-state index contributed by atoms with van der Waals surface area (Å²) in [5.74, 6) is -2.37. The molecular formula is C27H27ClF3NO2S. The number of hydrogen-bond donors (Lipinski definition) is 0. The third-order valence-electron chi connectivity index (χ3n) is 6.55. The van der Waals surface area contributed by atoms with E-state index in [4.69, 9.17) is 11.6 Å². The second-order valence-corrected chi connectivity index (χ2v) is 12.2. The molecule has 35 heavy (non-hydrogen) atoms. The van der Waals surface area contributed by atoms with Gasteiger partial charge in [0.05, 0.1) is 10.9 Å². The van der Waals surface area contributed by atoms with Crippen LogP contribution in [0.1, 0.15) is 42.5 Å². The summed E-state index contributed by atoms with van der Waals surface area (Å²) < 4.78 is 67.6. The molecule has 0 saturated carbocycles. The summed E-state index contributed by atoms with van der Waals surface area (Å²) in [6.07, 6.45) is 1.16. The van der Waals surface area contributed by atoms with E-state index < -0.39 is 33.1 Å². The van der Waals surface area contributed by atoms with Gasteiger partial charge in [0.25, 0.3) is 0 Å². The Balaban J connectivity index is 1.68. The first kappa shape index (κ1) is 25.7. The van der Waals surface area contributed by atoms with Crippen LogP contribution in [0, 0.1) is 17.6 Å². The molecule has 1 aliphatic rings. The van der Waals surface area contributed by atoms with Crippen molar-refractivity contribution in [1.29, 1.82) is 0 Å². The Kier molecular flexibility index (Phi) is 7.06. The smallest absolute Gasteiger partial charge is 0.175 e. The molecule has 0 radical (unpaired) electrons. The zero-order valence-electron chi connectivity index (χ0n) is 19.7. The number of halogens is 4. The quantitative estimate of drug-likeness (QED) is 0.352. The van der Waals surface area contributed by atoms with E-state index in [2.05, 4.69) is 4.90 Å². The molecule has 4 rings (SSSR count). The van der Waals surface area contributed by atoms with Crippen LogP contribution in [0.2, 0.25) is 5.02 Å². The zero-order chi connectivity index (χ0) is 25.5. The van der Waals surface area contributed by atoms with E-state index in [-0.39, 0.29) is 16.9 Å². The molecule has 3 aromatic rings. The summed E-state index contributed by atoms with van der Waals surface area (Å²) in [6, 6.07) is 17.0. The highest BCUT2D eigenvalue weighted by Crippen LogP contribution is 2.45. The molecule has 1 fully saturated rings. The molecule has 1 aliphatic heterocycles. The fourth-order valence-electron chi connectivity index (χ4n) is 5.13. The summed E-state index contributed by atoms with van der Waals surface area (Å²) in [7, 11) is -3.41. The van der Waals surface area contributed by atoms with Gasteiger partial charge in [0.15, 0.2) is 9.84 Å². The number of sulfone groups is 1. The number of alkyl halides is 1. The molecule has 0 N–H and O–H groups in total. The molecule has 3 aromatic carbocycles. The van der Waals surface area contributed by atoms with E-state index in [1.807, 2.05) is 18.2 Å². The van der Waals surface area contributed by atoms with Gasteiger partial charge in [-0.3, -0.25) is 4.90 Å². The van der Waals surface area contributed by atoms with E-state index in [0.29, 0.717) is 23.7 Å². The molecule has 1 saturated heterocycles. The maximum absolute atomic E-state index is 15.3. The van der Waals surface area contributed by atoms with Crippen LogP contribution in [0.4, 0.5) is 13.2 Å². The molecular weight excluding hydrogens is 495 g/mol. The summed E-state index contributed by atoms with van der Waals surface area (Å²) in [6.45, 7) is 3.78. The second-order valence-electron chi connectivity index (χ2n) is 9.76. The first-order valence-corrected chi connectivity index (χ1v) is 13.5. The highest BCUT2D eigenvalue weighted by Gasteiger charge is 2.45. The van der Waals surface area contributed by atoms with Crippen molar-refractivity contribution in [3.8, 4) is 0 Å². The lowest BCUT2D eigenvalue weighted by Gasteiger charge is -2.50. The molecule has 0 spiro atoms. The number of hydrogen-bond acceptors (Lipinski definition) is 3. The van der Waals surface area contributed by atoms with Crippen molar-refractivity contribution in [2.45, 2.75) is 36.4 Å². The minimum Gasteiger partial charge on any atom is -0.292 e. The largest absolute Gasteiger partial charge is 0.292 e. The van der Waals surface area contributed by atoms with Crippen LogP contribution < -0.4 is 0 Å². The van der Waals surface area contributed by atoms with Gasteiger partial charge in [0.1, 0.15) is 17.3 Å². The van der Waals surface area contributed by atoms with Gasteiger partial charge in [-0.15, -0.1) is 0 Å². The van der Waals surface area contributed by atoms with Crippen molar-refractivity contribution in [1.82, 2.24) is 4.90 Å². The SMILES string of the molecule is CC(C)(F)C(c1cc(F)cc(F)c1)C1CN(C(c2ccc(Cl)cc2)c2cccc(S(C)(=O)=O)c2)C1. The molecule has 2 unspecified atom stereocenters. The lowest BCUT2D eigenvalue weighted by Crippen LogP contribution is -2.53. The third kappa shape index (κ3) is 5.74. The van der Waals surface area contributed by atoms with Gasteiger partial charge < -0.3 is 0 Å². The lowest BCUT2D eigenvalue weighted by atomic mass is 9.72. The van der Waals surface area contributed by atoms with Gasteiger partial charge >= 0.3 is 0 Å². The summed E-state index contributed by atoms with van der Waals surface area (Å²) in [5.41, 5.74) is 0.276. The van der Waals surface area contributed by atoms with Crippen molar-refractivity contribution in [3.05, 3.63) is 100 Å². The van der Waals surface area contributed by atoms with Crippen LogP contribution in [0.3, 0.4) is 0 Å². The molecule has 0 aliphatic carbocycles. The molecule has 1 heterocycles. The predicted octanol–water partition coefficient (Wildman–Crippen LogP) is 6.57. The molecule has 3 nitrogen and oxygen atoms in total. The van der Waals surface area contributed by atoms with Crippen LogP contribution >= 0.6 is 11.6 Å². The van der Waals surface area contributed by atoms with Crippen LogP contribution in [0.15, 0.2) is 71.6 Å². The summed E-state index contributed by atoms with van der Waals surface area (Å²) >= 11 is 6.09. The normalized spacial score (nSPS) is 17.1. The fourth-order valence-corrected chi connectivity index (χ4v) is 5.93.